The van der Waals surface area contributed by atoms with Crippen LogP contribution in [0.1, 0.15) is 36.1 Å². The topological polar surface area (TPSA) is 46.5 Å². The van der Waals surface area contributed by atoms with Crippen LogP contribution in [0.2, 0.25) is 0 Å². The molecule has 0 aliphatic carbocycles. The van der Waals surface area contributed by atoms with Crippen molar-refractivity contribution in [3.05, 3.63) is 69.8 Å². The maximum atomic E-state index is 10.4. The lowest BCUT2D eigenvalue weighted by Gasteiger charge is -2.14. The zero-order valence-corrected chi connectivity index (χ0v) is 15.3. The number of carboxylic acid groups (broad SMARTS) is 1. The van der Waals surface area contributed by atoms with Gasteiger partial charge in [0.2, 0.25) is 0 Å². The Morgan fingerprint density at radius 1 is 1.04 bits per heavy atom. The van der Waals surface area contributed by atoms with E-state index >= 15 is 0 Å². The molecule has 1 aromatic carbocycles. The molecule has 0 bridgehead atoms. The highest BCUT2D eigenvalue weighted by Crippen LogP contribution is 2.29. The first kappa shape index (κ1) is 19.5. The molecule has 0 aliphatic heterocycles. The first-order valence-corrected chi connectivity index (χ1v) is 7.86. The SMILES string of the molecule is COc1cc(C)c(/C=C(C)/C(C)=C/C=C/C=C/C(=O)O)c(C)c1C. The van der Waals surface area contributed by atoms with Crippen molar-refractivity contribution in [1.29, 1.82) is 0 Å². The van der Waals surface area contributed by atoms with Gasteiger partial charge in [-0.25, -0.2) is 4.79 Å². The summed E-state index contributed by atoms with van der Waals surface area (Å²) >= 11 is 0. The third-order valence-corrected chi connectivity index (χ3v) is 4.12. The van der Waals surface area contributed by atoms with Crippen molar-refractivity contribution in [3.63, 3.8) is 0 Å². The average Bonchev–Trinajstić information content (AvgIpc) is 2.53. The molecule has 0 saturated heterocycles. The summed E-state index contributed by atoms with van der Waals surface area (Å²) in [6.07, 6.45) is 10.3. The Bertz CT molecular complexity index is 732. The molecule has 1 aromatic rings. The highest BCUT2D eigenvalue weighted by Gasteiger charge is 2.09. The second kappa shape index (κ2) is 8.92. The first-order chi connectivity index (χ1) is 11.3. The van der Waals surface area contributed by atoms with Gasteiger partial charge < -0.3 is 9.84 Å². The minimum absolute atomic E-state index is 0.917. The van der Waals surface area contributed by atoms with E-state index in [0.717, 1.165) is 28.5 Å². The zero-order chi connectivity index (χ0) is 18.3. The van der Waals surface area contributed by atoms with Gasteiger partial charge in [0.1, 0.15) is 5.75 Å². The lowest BCUT2D eigenvalue weighted by Crippen LogP contribution is -1.96. The van der Waals surface area contributed by atoms with Gasteiger partial charge in [0.25, 0.3) is 0 Å². The molecule has 0 spiro atoms. The summed E-state index contributed by atoms with van der Waals surface area (Å²) in [6, 6.07) is 2.07. The van der Waals surface area contributed by atoms with E-state index in [9.17, 15) is 4.79 Å². The van der Waals surface area contributed by atoms with E-state index in [-0.39, 0.29) is 0 Å². The minimum Gasteiger partial charge on any atom is -0.496 e. The third kappa shape index (κ3) is 5.27. The second-order valence-corrected chi connectivity index (χ2v) is 5.82. The second-order valence-electron chi connectivity index (χ2n) is 5.82. The van der Waals surface area contributed by atoms with E-state index in [1.54, 1.807) is 13.2 Å². The van der Waals surface area contributed by atoms with Gasteiger partial charge in [-0.15, -0.1) is 0 Å². The molecule has 0 amide bonds. The van der Waals surface area contributed by atoms with Gasteiger partial charge in [-0.3, -0.25) is 0 Å². The lowest BCUT2D eigenvalue weighted by molar-refractivity contribution is -0.131. The molecule has 3 nitrogen and oxygen atoms in total. The summed E-state index contributed by atoms with van der Waals surface area (Å²) in [4.78, 5) is 10.4. The van der Waals surface area contributed by atoms with Gasteiger partial charge in [0, 0.05) is 6.08 Å². The number of hydrogen-bond acceptors (Lipinski definition) is 2. The monoisotopic (exact) mass is 326 g/mol. The number of methoxy groups -OCH3 is 1. The lowest BCUT2D eigenvalue weighted by atomic mass is 9.94. The van der Waals surface area contributed by atoms with E-state index in [2.05, 4.69) is 39.8 Å². The molecule has 0 atom stereocenters. The van der Waals surface area contributed by atoms with E-state index in [4.69, 9.17) is 9.84 Å². The predicted octanol–water partition coefficient (Wildman–Crippen LogP) is 5.17. The summed E-state index contributed by atoms with van der Waals surface area (Å²) in [5.74, 6) is -0.0301. The Morgan fingerprint density at radius 2 is 1.71 bits per heavy atom. The van der Waals surface area contributed by atoms with E-state index in [0.29, 0.717) is 0 Å². The van der Waals surface area contributed by atoms with Gasteiger partial charge in [0.05, 0.1) is 7.11 Å². The van der Waals surface area contributed by atoms with E-state index in [1.165, 1.54) is 22.8 Å². The maximum absolute atomic E-state index is 10.4. The van der Waals surface area contributed by atoms with Crippen molar-refractivity contribution >= 4 is 12.0 Å². The Kier molecular flexibility index (Phi) is 7.25. The van der Waals surface area contributed by atoms with E-state index < -0.39 is 5.97 Å². The highest BCUT2D eigenvalue weighted by atomic mass is 16.5. The van der Waals surface area contributed by atoms with Crippen molar-refractivity contribution in [1.82, 2.24) is 0 Å². The number of carboxylic acids is 1. The molecule has 0 saturated carbocycles. The van der Waals surface area contributed by atoms with Crippen LogP contribution in [0.5, 0.6) is 5.75 Å². The third-order valence-electron chi connectivity index (χ3n) is 4.12. The fourth-order valence-electron chi connectivity index (χ4n) is 2.36. The first-order valence-electron chi connectivity index (χ1n) is 7.86. The Balaban J connectivity index is 3.09. The number of rotatable bonds is 6. The van der Waals surface area contributed by atoms with Crippen LogP contribution in [-0.2, 0) is 4.79 Å². The molecular weight excluding hydrogens is 300 g/mol. The van der Waals surface area contributed by atoms with Crippen molar-refractivity contribution in [2.24, 2.45) is 0 Å². The molecule has 0 heterocycles. The number of aliphatic carboxylic acids is 1. The quantitative estimate of drug-likeness (QED) is 0.579. The number of aryl methyl sites for hydroxylation is 1. The van der Waals surface area contributed by atoms with Crippen molar-refractivity contribution in [3.8, 4) is 5.75 Å². The Morgan fingerprint density at radius 3 is 2.29 bits per heavy atom. The average molecular weight is 326 g/mol. The maximum Gasteiger partial charge on any atom is 0.328 e. The standard InChI is InChI=1S/C21H26O3/c1-14(10-8-7-9-11-21(22)23)15(2)12-19-16(3)13-20(24-6)18(5)17(19)4/h7-13H,1-6H3,(H,22,23)/b8-7+,11-9+,14-10+,15-12+. The number of hydrogen-bond donors (Lipinski definition) is 1. The minimum atomic E-state index is -0.947. The summed E-state index contributed by atoms with van der Waals surface area (Å²) in [7, 11) is 1.69. The number of ether oxygens (including phenoxy) is 1. The van der Waals surface area contributed by atoms with Crippen LogP contribution in [-0.4, -0.2) is 18.2 Å². The molecule has 0 unspecified atom stereocenters. The molecular formula is C21H26O3. The van der Waals surface area contributed by atoms with Crippen LogP contribution in [0.25, 0.3) is 6.08 Å². The Labute approximate surface area is 144 Å². The smallest absolute Gasteiger partial charge is 0.328 e. The van der Waals surface area contributed by atoms with Crippen molar-refractivity contribution < 1.29 is 14.6 Å². The predicted molar refractivity (Wildman–Crippen MR) is 101 cm³/mol. The largest absolute Gasteiger partial charge is 0.496 e. The molecule has 0 aliphatic rings. The molecule has 128 valence electrons. The molecule has 0 radical (unpaired) electrons. The van der Waals surface area contributed by atoms with Gasteiger partial charge in [-0.2, -0.15) is 0 Å². The van der Waals surface area contributed by atoms with Crippen LogP contribution in [0.3, 0.4) is 0 Å². The van der Waals surface area contributed by atoms with Gasteiger partial charge >= 0.3 is 5.97 Å². The summed E-state index contributed by atoms with van der Waals surface area (Å²) in [6.45, 7) is 10.4. The molecule has 1 rings (SSSR count). The van der Waals surface area contributed by atoms with Gasteiger partial charge in [0.15, 0.2) is 0 Å². The number of carbonyl (C=O) groups is 1. The summed E-state index contributed by atoms with van der Waals surface area (Å²) < 4.78 is 5.42. The van der Waals surface area contributed by atoms with E-state index in [1.807, 2.05) is 19.1 Å². The van der Waals surface area contributed by atoms with Crippen LogP contribution in [0.15, 0.2) is 47.6 Å². The van der Waals surface area contributed by atoms with Gasteiger partial charge in [-0.1, -0.05) is 30.4 Å². The molecule has 0 fully saturated rings. The molecule has 3 heteroatoms. The normalized spacial score (nSPS) is 13.1. The summed E-state index contributed by atoms with van der Waals surface area (Å²) in [5.41, 5.74) is 7.07. The Hall–Kier alpha value is -2.55. The molecule has 0 aromatic heterocycles. The fourth-order valence-corrected chi connectivity index (χ4v) is 2.36. The van der Waals surface area contributed by atoms with Crippen LogP contribution in [0.4, 0.5) is 0 Å². The molecule has 1 N–H and O–H groups in total. The van der Waals surface area contributed by atoms with Gasteiger partial charge in [-0.05, 0) is 74.1 Å². The van der Waals surface area contributed by atoms with Crippen LogP contribution in [0, 0.1) is 20.8 Å². The number of benzene rings is 1. The molecule has 24 heavy (non-hydrogen) atoms. The van der Waals surface area contributed by atoms with Crippen molar-refractivity contribution in [2.45, 2.75) is 34.6 Å². The van der Waals surface area contributed by atoms with Crippen molar-refractivity contribution in [2.75, 3.05) is 7.11 Å². The summed E-state index contributed by atoms with van der Waals surface area (Å²) in [5, 5.41) is 8.53. The fraction of sp³-hybridized carbons (Fsp3) is 0.286. The highest BCUT2D eigenvalue weighted by molar-refractivity contribution is 5.80. The number of allylic oxidation sites excluding steroid dienone is 6. The van der Waals surface area contributed by atoms with Crippen LogP contribution >= 0.6 is 0 Å². The van der Waals surface area contributed by atoms with Crippen LogP contribution < -0.4 is 4.74 Å². The zero-order valence-electron chi connectivity index (χ0n) is 15.3.